The molecule has 60 heavy (non-hydrogen) atoms. The lowest BCUT2D eigenvalue weighted by molar-refractivity contribution is 0.0989. The number of carbonyl (C=O) groups excluding carboxylic acids is 2. The zero-order valence-electron chi connectivity index (χ0n) is 32.6. The Balaban J connectivity index is 1.33. The molecular weight excluding hydrogens is 769 g/mol. The Morgan fingerprint density at radius 3 is 0.683 bits per heavy atom. The minimum absolute atomic E-state index is 0.212. The van der Waals surface area contributed by atoms with Crippen molar-refractivity contribution in [2.75, 3.05) is 0 Å². The van der Waals surface area contributed by atoms with Gasteiger partial charge in [-0.15, -0.1) is 0 Å². The SMILES string of the molecule is O=C1C2=C(O[Si](c3ccccc3)(c3ccccc3)c3ccccc3)c3ccccc3C(=O)C2=C(O[Si](c2ccccc2)(c2ccccc2)c2ccccc2)c2ccccc21. The van der Waals surface area contributed by atoms with Crippen LogP contribution in [0.25, 0.3) is 11.5 Å². The molecule has 0 heterocycles. The highest BCUT2D eigenvalue weighted by atomic mass is 28.4. The van der Waals surface area contributed by atoms with Crippen molar-refractivity contribution in [2.24, 2.45) is 0 Å². The Kier molecular flexibility index (Phi) is 9.49. The van der Waals surface area contributed by atoms with Gasteiger partial charge in [0.15, 0.2) is 11.6 Å². The molecule has 8 aromatic rings. The number of rotatable bonds is 10. The standard InChI is InChI=1S/C54H38O4Si2/c55-51-46-36-20-22-38-48(46)54(58-60(42-29-13-4-14-30-42,43-31-15-5-16-32-43)44-33-17-6-18-34-44)50-49(51)53(47-37-21-19-35-45(47)52(50)56)57-59(39-23-7-1-8-24-39,40-25-9-2-10-26-40)41-27-11-3-12-28-41/h1-38H. The summed E-state index contributed by atoms with van der Waals surface area (Å²) in [5.74, 6) is 0.175. The molecule has 8 aromatic carbocycles. The third-order valence-corrected chi connectivity index (χ3v) is 19.5. The molecule has 0 aromatic heterocycles. The van der Waals surface area contributed by atoms with Gasteiger partial charge < -0.3 is 8.85 Å². The summed E-state index contributed by atoms with van der Waals surface area (Å²) in [6, 6.07) is 76.7. The molecule has 0 bridgehead atoms. The van der Waals surface area contributed by atoms with Gasteiger partial charge in [0.25, 0.3) is 0 Å². The molecule has 0 radical (unpaired) electrons. The lowest BCUT2D eigenvalue weighted by Crippen LogP contribution is -2.69. The van der Waals surface area contributed by atoms with Crippen molar-refractivity contribution in [1.82, 2.24) is 0 Å². The van der Waals surface area contributed by atoms with Crippen LogP contribution >= 0.6 is 0 Å². The molecule has 0 saturated carbocycles. The van der Waals surface area contributed by atoms with Crippen LogP contribution in [-0.4, -0.2) is 28.2 Å². The molecule has 6 heteroatoms. The molecule has 0 fully saturated rings. The number of carbonyl (C=O) groups is 2. The van der Waals surface area contributed by atoms with Gasteiger partial charge in [-0.3, -0.25) is 9.59 Å². The zero-order valence-corrected chi connectivity index (χ0v) is 34.6. The topological polar surface area (TPSA) is 52.6 Å². The summed E-state index contributed by atoms with van der Waals surface area (Å²) < 4.78 is 15.7. The fourth-order valence-electron chi connectivity index (χ4n) is 8.87. The highest BCUT2D eigenvalue weighted by Crippen LogP contribution is 2.46. The van der Waals surface area contributed by atoms with Crippen molar-refractivity contribution in [3.63, 3.8) is 0 Å². The van der Waals surface area contributed by atoms with Gasteiger partial charge in [0.05, 0.1) is 11.1 Å². The molecule has 0 spiro atoms. The molecule has 286 valence electrons. The molecule has 2 aliphatic carbocycles. The first kappa shape index (κ1) is 36.9. The number of fused-ring (bicyclic) bond motifs is 3. The monoisotopic (exact) mass is 806 g/mol. The first-order valence-corrected chi connectivity index (χ1v) is 23.9. The zero-order chi connectivity index (χ0) is 40.5. The summed E-state index contributed by atoms with van der Waals surface area (Å²) in [6.45, 7) is 0. The second-order valence-corrected chi connectivity index (χ2v) is 21.5. The predicted octanol–water partition coefficient (Wildman–Crippen LogP) is 7.57. The Morgan fingerprint density at radius 1 is 0.250 bits per heavy atom. The van der Waals surface area contributed by atoms with Crippen molar-refractivity contribution >= 4 is 70.8 Å². The van der Waals surface area contributed by atoms with Crippen molar-refractivity contribution in [3.8, 4) is 0 Å². The molecule has 4 nitrogen and oxygen atoms in total. The lowest BCUT2D eigenvalue weighted by atomic mass is 9.76. The van der Waals surface area contributed by atoms with Gasteiger partial charge in [-0.05, 0) is 31.1 Å². The van der Waals surface area contributed by atoms with Gasteiger partial charge in [-0.25, -0.2) is 0 Å². The average Bonchev–Trinajstić information content (AvgIpc) is 3.33. The van der Waals surface area contributed by atoms with Crippen LogP contribution in [0.5, 0.6) is 0 Å². The molecule has 0 amide bonds. The average molecular weight is 807 g/mol. The number of allylic oxidation sites excluding steroid dienone is 2. The molecule has 0 aliphatic heterocycles. The Bertz CT molecular complexity index is 2530. The Hall–Kier alpha value is -7.39. The summed E-state index contributed by atoms with van der Waals surface area (Å²) in [5, 5.41) is 6.00. The number of benzene rings is 8. The molecular formula is C54H38O4Si2. The van der Waals surface area contributed by atoms with E-state index in [1.54, 1.807) is 0 Å². The van der Waals surface area contributed by atoms with E-state index in [9.17, 15) is 0 Å². The smallest absolute Gasteiger partial charge is 0.346 e. The summed E-state index contributed by atoms with van der Waals surface area (Å²) in [5.41, 5.74) is 2.47. The fourth-order valence-corrected chi connectivity index (χ4v) is 16.6. The molecule has 0 saturated heterocycles. The highest BCUT2D eigenvalue weighted by Gasteiger charge is 2.51. The second-order valence-electron chi connectivity index (χ2n) is 14.9. The maximum absolute atomic E-state index is 15.5. The van der Waals surface area contributed by atoms with Crippen LogP contribution in [0.4, 0.5) is 0 Å². The van der Waals surface area contributed by atoms with Gasteiger partial charge in [0.1, 0.15) is 11.5 Å². The van der Waals surface area contributed by atoms with Gasteiger partial charge in [0, 0.05) is 22.3 Å². The highest BCUT2D eigenvalue weighted by molar-refractivity contribution is 7.08. The van der Waals surface area contributed by atoms with Crippen molar-refractivity contribution in [2.45, 2.75) is 0 Å². The first-order valence-electron chi connectivity index (χ1n) is 20.1. The Labute approximate surface area is 351 Å². The molecule has 0 N–H and O–H groups in total. The summed E-state index contributed by atoms with van der Waals surface area (Å²) in [4.78, 5) is 31.0. The van der Waals surface area contributed by atoms with Gasteiger partial charge in [-0.2, -0.15) is 0 Å². The summed E-state index contributed by atoms with van der Waals surface area (Å²) >= 11 is 0. The maximum Gasteiger partial charge on any atom is 0.346 e. The van der Waals surface area contributed by atoms with Crippen LogP contribution in [0.1, 0.15) is 31.8 Å². The van der Waals surface area contributed by atoms with E-state index in [1.807, 2.05) is 158 Å². The van der Waals surface area contributed by atoms with Crippen LogP contribution in [0, 0.1) is 0 Å². The maximum atomic E-state index is 15.5. The third-order valence-electron chi connectivity index (χ3n) is 11.6. The van der Waals surface area contributed by atoms with E-state index < -0.39 is 16.6 Å². The van der Waals surface area contributed by atoms with E-state index in [0.29, 0.717) is 33.8 Å². The van der Waals surface area contributed by atoms with E-state index in [2.05, 4.69) is 72.8 Å². The minimum atomic E-state index is -3.50. The third kappa shape index (κ3) is 5.96. The van der Waals surface area contributed by atoms with E-state index in [-0.39, 0.29) is 22.7 Å². The van der Waals surface area contributed by atoms with Crippen LogP contribution in [0.2, 0.25) is 0 Å². The van der Waals surface area contributed by atoms with Crippen molar-refractivity contribution < 1.29 is 18.4 Å². The van der Waals surface area contributed by atoms with Crippen molar-refractivity contribution in [3.05, 3.63) is 264 Å². The van der Waals surface area contributed by atoms with Gasteiger partial charge >= 0.3 is 16.6 Å². The predicted molar refractivity (Wildman–Crippen MR) is 246 cm³/mol. The first-order chi connectivity index (χ1) is 29.6. The van der Waals surface area contributed by atoms with Crippen LogP contribution in [-0.2, 0) is 8.85 Å². The molecule has 2 aliphatic rings. The van der Waals surface area contributed by atoms with Crippen molar-refractivity contribution in [1.29, 1.82) is 0 Å². The van der Waals surface area contributed by atoms with Crippen LogP contribution in [0.3, 0.4) is 0 Å². The fraction of sp³-hybridized carbons (Fsp3) is 0. The lowest BCUT2D eigenvalue weighted by Gasteiger charge is -2.40. The van der Waals surface area contributed by atoms with E-state index in [0.717, 1.165) is 31.1 Å². The van der Waals surface area contributed by atoms with Crippen LogP contribution < -0.4 is 31.1 Å². The van der Waals surface area contributed by atoms with Gasteiger partial charge in [-0.1, -0.05) is 231 Å². The Morgan fingerprint density at radius 2 is 0.450 bits per heavy atom. The second kappa shape index (κ2) is 15.4. The van der Waals surface area contributed by atoms with E-state index in [4.69, 9.17) is 8.85 Å². The number of Topliss-reactive ketones (excluding diaryl/α,β-unsaturated/α-hetero) is 2. The summed E-state index contributed by atoms with van der Waals surface area (Å²) in [7, 11) is -7.00. The summed E-state index contributed by atoms with van der Waals surface area (Å²) in [6.07, 6.45) is 0. The molecule has 0 unspecified atom stereocenters. The largest absolute Gasteiger partial charge is 0.529 e. The molecule has 10 rings (SSSR count). The van der Waals surface area contributed by atoms with E-state index >= 15 is 9.59 Å². The number of hydrogen-bond donors (Lipinski definition) is 0. The van der Waals surface area contributed by atoms with Gasteiger partial charge in [0.2, 0.25) is 0 Å². The number of ketones is 2. The minimum Gasteiger partial charge on any atom is -0.529 e. The number of hydrogen-bond acceptors (Lipinski definition) is 4. The quantitative estimate of drug-likeness (QED) is 0.106. The normalized spacial score (nSPS) is 13.6. The van der Waals surface area contributed by atoms with Crippen LogP contribution in [0.15, 0.2) is 242 Å². The molecule has 0 atom stereocenters. The van der Waals surface area contributed by atoms with E-state index in [1.165, 1.54) is 0 Å².